The van der Waals surface area contributed by atoms with Crippen molar-refractivity contribution in [3.8, 4) is 5.75 Å². The van der Waals surface area contributed by atoms with E-state index in [9.17, 15) is 18.0 Å². The number of carbonyl (C=O) groups excluding carboxylic acids is 1. The van der Waals surface area contributed by atoms with E-state index in [0.717, 1.165) is 0 Å². The molecular formula is C19H19F3N6O2. The number of rotatable bonds is 4. The van der Waals surface area contributed by atoms with Gasteiger partial charge in [-0.25, -0.2) is 0 Å². The highest BCUT2D eigenvalue weighted by molar-refractivity contribution is 5.92. The summed E-state index contributed by atoms with van der Waals surface area (Å²) in [6.07, 6.45) is -3.52. The van der Waals surface area contributed by atoms with Crippen LogP contribution in [0, 0.1) is 5.92 Å². The Labute approximate surface area is 169 Å². The fourth-order valence-corrected chi connectivity index (χ4v) is 3.44. The molecule has 158 valence electrons. The SMILES string of the molecule is COc1cccc(NC(=O)C2CCN(c3ccc4nnc(C(F)(F)F)n4n3)CC2)c1. The number of fused-ring (bicyclic) bond motifs is 1. The third-order valence-electron chi connectivity index (χ3n) is 5.03. The average molecular weight is 420 g/mol. The van der Waals surface area contributed by atoms with Gasteiger partial charge in [0.25, 0.3) is 5.82 Å². The lowest BCUT2D eigenvalue weighted by atomic mass is 9.96. The van der Waals surface area contributed by atoms with Crippen molar-refractivity contribution in [3.05, 3.63) is 42.2 Å². The van der Waals surface area contributed by atoms with Crippen LogP contribution in [0.2, 0.25) is 0 Å². The van der Waals surface area contributed by atoms with Gasteiger partial charge in [0.05, 0.1) is 7.11 Å². The molecule has 30 heavy (non-hydrogen) atoms. The number of nitrogens with zero attached hydrogens (tertiary/aromatic N) is 5. The first-order valence-corrected chi connectivity index (χ1v) is 9.34. The first-order valence-electron chi connectivity index (χ1n) is 9.34. The van der Waals surface area contributed by atoms with Crippen molar-refractivity contribution in [2.24, 2.45) is 5.92 Å². The number of benzene rings is 1. The predicted molar refractivity (Wildman–Crippen MR) is 102 cm³/mol. The Bertz CT molecular complexity index is 1060. The Hall–Kier alpha value is -3.37. The molecule has 1 aliphatic heterocycles. The number of halogens is 3. The maximum atomic E-state index is 13.1. The van der Waals surface area contributed by atoms with Crippen molar-refractivity contribution >= 4 is 23.1 Å². The molecule has 4 rings (SSSR count). The molecule has 1 fully saturated rings. The lowest BCUT2D eigenvalue weighted by Crippen LogP contribution is -2.38. The summed E-state index contributed by atoms with van der Waals surface area (Å²) in [6.45, 7) is 0.996. The minimum atomic E-state index is -4.64. The molecule has 1 saturated heterocycles. The van der Waals surface area contributed by atoms with Crippen LogP contribution in [-0.2, 0) is 11.0 Å². The summed E-state index contributed by atoms with van der Waals surface area (Å²) in [5.41, 5.74) is 0.680. The third-order valence-corrected chi connectivity index (χ3v) is 5.03. The molecule has 1 N–H and O–H groups in total. The number of hydrogen-bond donors (Lipinski definition) is 1. The van der Waals surface area contributed by atoms with Gasteiger partial charge in [-0.05, 0) is 37.1 Å². The molecule has 0 radical (unpaired) electrons. The summed E-state index contributed by atoms with van der Waals surface area (Å²) in [5.74, 6) is -0.413. The molecule has 0 bridgehead atoms. The maximum absolute atomic E-state index is 13.1. The van der Waals surface area contributed by atoms with E-state index in [1.165, 1.54) is 6.07 Å². The van der Waals surface area contributed by atoms with Crippen LogP contribution >= 0.6 is 0 Å². The van der Waals surface area contributed by atoms with Gasteiger partial charge in [-0.1, -0.05) is 6.07 Å². The second kappa shape index (κ2) is 7.81. The second-order valence-corrected chi connectivity index (χ2v) is 6.97. The third kappa shape index (κ3) is 4.00. The number of amides is 1. The number of piperidine rings is 1. The molecule has 0 atom stereocenters. The number of carbonyl (C=O) groups is 1. The normalized spacial score (nSPS) is 15.4. The lowest BCUT2D eigenvalue weighted by Gasteiger charge is -2.32. The minimum Gasteiger partial charge on any atom is -0.497 e. The molecule has 1 aliphatic rings. The molecule has 2 aromatic heterocycles. The summed E-state index contributed by atoms with van der Waals surface area (Å²) < 4.78 is 45.0. The smallest absolute Gasteiger partial charge is 0.453 e. The number of anilines is 2. The van der Waals surface area contributed by atoms with Crippen LogP contribution in [0.15, 0.2) is 36.4 Å². The van der Waals surface area contributed by atoms with Gasteiger partial charge in [0, 0.05) is 30.8 Å². The van der Waals surface area contributed by atoms with E-state index < -0.39 is 12.0 Å². The van der Waals surface area contributed by atoms with E-state index >= 15 is 0 Å². The van der Waals surface area contributed by atoms with Crippen molar-refractivity contribution in [3.63, 3.8) is 0 Å². The molecule has 1 aromatic carbocycles. The van der Waals surface area contributed by atoms with Crippen molar-refractivity contribution in [1.82, 2.24) is 19.8 Å². The van der Waals surface area contributed by atoms with Gasteiger partial charge < -0.3 is 15.0 Å². The lowest BCUT2D eigenvalue weighted by molar-refractivity contribution is -0.146. The molecular weight excluding hydrogens is 401 g/mol. The van der Waals surface area contributed by atoms with Gasteiger partial charge in [0.2, 0.25) is 5.91 Å². The Kier molecular flexibility index (Phi) is 5.18. The predicted octanol–water partition coefficient (Wildman–Crippen LogP) is 3.01. The topological polar surface area (TPSA) is 84.6 Å². The monoisotopic (exact) mass is 420 g/mol. The van der Waals surface area contributed by atoms with Crippen LogP contribution in [0.5, 0.6) is 5.75 Å². The minimum absolute atomic E-state index is 0.0265. The summed E-state index contributed by atoms with van der Waals surface area (Å²) in [6, 6.07) is 10.2. The van der Waals surface area contributed by atoms with Crippen molar-refractivity contribution in [2.75, 3.05) is 30.4 Å². The van der Waals surface area contributed by atoms with Crippen LogP contribution in [-0.4, -0.2) is 45.9 Å². The first-order chi connectivity index (χ1) is 14.3. The van der Waals surface area contributed by atoms with Crippen LogP contribution in [0.3, 0.4) is 0 Å². The quantitative estimate of drug-likeness (QED) is 0.699. The number of aromatic nitrogens is 4. The van der Waals surface area contributed by atoms with Crippen LogP contribution in [0.1, 0.15) is 18.7 Å². The molecule has 11 heteroatoms. The molecule has 8 nitrogen and oxygen atoms in total. The van der Waals surface area contributed by atoms with E-state index in [1.54, 1.807) is 37.4 Å². The average Bonchev–Trinajstić information content (AvgIpc) is 3.18. The van der Waals surface area contributed by atoms with E-state index in [-0.39, 0.29) is 17.5 Å². The Morgan fingerprint density at radius 1 is 1.17 bits per heavy atom. The molecule has 1 amide bonds. The largest absolute Gasteiger partial charge is 0.497 e. The number of ether oxygens (including phenoxy) is 1. The number of methoxy groups -OCH3 is 1. The van der Waals surface area contributed by atoms with Gasteiger partial charge in [-0.2, -0.15) is 17.7 Å². The molecule has 3 aromatic rings. The molecule has 0 aliphatic carbocycles. The Morgan fingerprint density at radius 2 is 1.93 bits per heavy atom. The zero-order valence-electron chi connectivity index (χ0n) is 16.1. The molecule has 3 heterocycles. The van der Waals surface area contributed by atoms with Gasteiger partial charge in [-0.15, -0.1) is 15.3 Å². The van der Waals surface area contributed by atoms with Crippen molar-refractivity contribution < 1.29 is 22.7 Å². The van der Waals surface area contributed by atoms with Gasteiger partial charge in [-0.3, -0.25) is 4.79 Å². The number of hydrogen-bond acceptors (Lipinski definition) is 6. The molecule has 0 saturated carbocycles. The summed E-state index contributed by atoms with van der Waals surface area (Å²) in [7, 11) is 1.56. The Balaban J connectivity index is 1.42. The second-order valence-electron chi connectivity index (χ2n) is 6.97. The summed E-state index contributed by atoms with van der Waals surface area (Å²) in [4.78, 5) is 14.4. The van der Waals surface area contributed by atoms with Crippen molar-refractivity contribution in [2.45, 2.75) is 19.0 Å². The van der Waals surface area contributed by atoms with Gasteiger partial charge in [0.1, 0.15) is 11.6 Å². The molecule has 0 spiro atoms. The summed E-state index contributed by atoms with van der Waals surface area (Å²) >= 11 is 0. The van der Waals surface area contributed by atoms with Crippen LogP contribution < -0.4 is 15.0 Å². The number of alkyl halides is 3. The fourth-order valence-electron chi connectivity index (χ4n) is 3.44. The zero-order valence-corrected chi connectivity index (χ0v) is 16.1. The van der Waals surface area contributed by atoms with E-state index in [1.807, 2.05) is 4.90 Å². The van der Waals surface area contributed by atoms with E-state index in [4.69, 9.17) is 4.74 Å². The maximum Gasteiger partial charge on any atom is 0.453 e. The highest BCUT2D eigenvalue weighted by atomic mass is 19.4. The van der Waals surface area contributed by atoms with Crippen molar-refractivity contribution in [1.29, 1.82) is 0 Å². The van der Waals surface area contributed by atoms with Crippen LogP contribution in [0.4, 0.5) is 24.7 Å². The Morgan fingerprint density at radius 3 is 2.63 bits per heavy atom. The highest BCUT2D eigenvalue weighted by Crippen LogP contribution is 2.29. The summed E-state index contributed by atoms with van der Waals surface area (Å²) in [5, 5.41) is 13.6. The van der Waals surface area contributed by atoms with E-state index in [0.29, 0.717) is 47.7 Å². The first kappa shape index (κ1) is 19.9. The van der Waals surface area contributed by atoms with Crippen LogP contribution in [0.25, 0.3) is 5.65 Å². The standard InChI is InChI=1S/C19H19F3N6O2/c1-30-14-4-2-3-13(11-14)23-17(29)12-7-9-27(10-8-12)16-6-5-15-24-25-18(19(20,21)22)28(15)26-16/h2-6,11-12H,7-10H2,1H3,(H,23,29). The highest BCUT2D eigenvalue weighted by Gasteiger charge is 2.38. The number of nitrogens with one attached hydrogen (secondary N) is 1. The van der Waals surface area contributed by atoms with Gasteiger partial charge >= 0.3 is 6.18 Å². The van der Waals surface area contributed by atoms with Gasteiger partial charge in [0.15, 0.2) is 5.65 Å². The van der Waals surface area contributed by atoms with E-state index in [2.05, 4.69) is 20.6 Å². The molecule has 0 unspecified atom stereocenters. The fraction of sp³-hybridized carbons (Fsp3) is 0.368. The zero-order chi connectivity index (χ0) is 21.3.